The van der Waals surface area contributed by atoms with E-state index >= 15 is 0 Å². The zero-order valence-electron chi connectivity index (χ0n) is 14.4. The van der Waals surface area contributed by atoms with Gasteiger partial charge in [-0.1, -0.05) is 44.9 Å². The number of aliphatic imine (C=N–C) groups is 1. The third-order valence-electron chi connectivity index (χ3n) is 6.26. The van der Waals surface area contributed by atoms with Gasteiger partial charge in [0.05, 0.1) is 16.9 Å². The zero-order chi connectivity index (χ0) is 16.2. The highest BCUT2D eigenvalue weighted by atomic mass is 16.2. The molecule has 3 heteroatoms. The maximum Gasteiger partial charge on any atom is 0.223 e. The van der Waals surface area contributed by atoms with Crippen molar-refractivity contribution in [1.29, 1.82) is 0 Å². The van der Waals surface area contributed by atoms with Crippen LogP contribution in [0.3, 0.4) is 0 Å². The van der Waals surface area contributed by atoms with Crippen LogP contribution in [0.1, 0.15) is 52.9 Å². The van der Waals surface area contributed by atoms with Crippen LogP contribution < -0.4 is 0 Å². The monoisotopic (exact) mass is 310 g/mol. The number of unbranched alkanes of at least 4 members (excludes halogenated alkanes) is 1. The van der Waals surface area contributed by atoms with Crippen LogP contribution in [0.25, 0.3) is 0 Å². The standard InChI is InChI=1S/C20H26N2O/c1-4-5-8-14-12-17(23)22-11-10-16-15-9-6-7-13(2)18(15)21-19(16)20(14,22)3/h6-7,9,13-14H,4-5,8,10-12H2,1-3H3/t13?,14-,20-/m1/s1. The van der Waals surface area contributed by atoms with Crippen LogP contribution in [-0.2, 0) is 4.79 Å². The van der Waals surface area contributed by atoms with E-state index in [1.807, 2.05) is 0 Å². The van der Waals surface area contributed by atoms with E-state index in [2.05, 4.69) is 43.9 Å². The maximum absolute atomic E-state index is 12.6. The minimum Gasteiger partial charge on any atom is -0.331 e. The molecule has 0 aromatic heterocycles. The summed E-state index contributed by atoms with van der Waals surface area (Å²) < 4.78 is 0. The molecule has 1 fully saturated rings. The Morgan fingerprint density at radius 2 is 2.26 bits per heavy atom. The van der Waals surface area contributed by atoms with Crippen LogP contribution in [0.15, 0.2) is 40.1 Å². The predicted octanol–water partition coefficient (Wildman–Crippen LogP) is 4.03. The van der Waals surface area contributed by atoms with Crippen LogP contribution in [-0.4, -0.2) is 28.6 Å². The predicted molar refractivity (Wildman–Crippen MR) is 93.2 cm³/mol. The van der Waals surface area contributed by atoms with Gasteiger partial charge in [0.2, 0.25) is 5.91 Å². The van der Waals surface area contributed by atoms with Gasteiger partial charge in [0.25, 0.3) is 0 Å². The van der Waals surface area contributed by atoms with E-state index in [0.29, 0.717) is 24.2 Å². The van der Waals surface area contributed by atoms with Crippen LogP contribution in [0.4, 0.5) is 0 Å². The van der Waals surface area contributed by atoms with Crippen molar-refractivity contribution in [2.45, 2.75) is 58.4 Å². The van der Waals surface area contributed by atoms with E-state index in [1.165, 1.54) is 35.4 Å². The number of allylic oxidation sites excluding steroid dienone is 4. The molecule has 0 saturated carbocycles. The van der Waals surface area contributed by atoms with Gasteiger partial charge in [0.15, 0.2) is 0 Å². The topological polar surface area (TPSA) is 32.7 Å². The van der Waals surface area contributed by atoms with Gasteiger partial charge in [-0.05, 0) is 31.3 Å². The van der Waals surface area contributed by atoms with Gasteiger partial charge in [-0.15, -0.1) is 0 Å². The number of hydrogen-bond acceptors (Lipinski definition) is 2. The summed E-state index contributed by atoms with van der Waals surface area (Å²) in [5.74, 6) is 1.12. The molecule has 23 heavy (non-hydrogen) atoms. The molecule has 4 rings (SSSR count). The molecule has 0 spiro atoms. The maximum atomic E-state index is 12.6. The largest absolute Gasteiger partial charge is 0.331 e. The van der Waals surface area contributed by atoms with Crippen LogP contribution in [0.5, 0.6) is 0 Å². The van der Waals surface area contributed by atoms with Crippen molar-refractivity contribution in [1.82, 2.24) is 4.90 Å². The van der Waals surface area contributed by atoms with Crippen LogP contribution in [0, 0.1) is 11.8 Å². The Labute approximate surface area is 138 Å². The number of carbonyl (C=O) groups excluding carboxylic acids is 1. The lowest BCUT2D eigenvalue weighted by molar-refractivity contribution is -0.130. The SMILES string of the molecule is CCCC[C@@H]1CC(=O)N2CCC3=C(N=C4C3=CC=CC4C)[C@@]12C. The second-order valence-electron chi connectivity index (χ2n) is 7.56. The first-order valence-electron chi connectivity index (χ1n) is 9.09. The Morgan fingerprint density at radius 1 is 1.43 bits per heavy atom. The third-order valence-corrected chi connectivity index (χ3v) is 6.26. The average Bonchev–Trinajstić information content (AvgIpc) is 3.03. The lowest BCUT2D eigenvalue weighted by Gasteiger charge is -2.43. The van der Waals surface area contributed by atoms with Gasteiger partial charge < -0.3 is 4.90 Å². The summed E-state index contributed by atoms with van der Waals surface area (Å²) >= 11 is 0. The van der Waals surface area contributed by atoms with Crippen molar-refractivity contribution in [3.05, 3.63) is 35.1 Å². The molecule has 0 aromatic rings. The molecule has 3 atom stereocenters. The van der Waals surface area contributed by atoms with Gasteiger partial charge in [-0.25, -0.2) is 0 Å². The van der Waals surface area contributed by atoms with E-state index in [4.69, 9.17) is 4.99 Å². The van der Waals surface area contributed by atoms with E-state index < -0.39 is 0 Å². The summed E-state index contributed by atoms with van der Waals surface area (Å²) in [6, 6.07) is 0. The minimum absolute atomic E-state index is 0.190. The summed E-state index contributed by atoms with van der Waals surface area (Å²) in [5.41, 5.74) is 4.97. The number of carbonyl (C=O) groups is 1. The number of nitrogens with zero attached hydrogens (tertiary/aromatic N) is 2. The molecule has 1 saturated heterocycles. The first kappa shape index (κ1) is 14.9. The van der Waals surface area contributed by atoms with Gasteiger partial charge in [-0.3, -0.25) is 9.79 Å². The zero-order valence-corrected chi connectivity index (χ0v) is 14.4. The first-order valence-corrected chi connectivity index (χ1v) is 9.09. The average molecular weight is 310 g/mol. The Morgan fingerprint density at radius 3 is 3.04 bits per heavy atom. The highest BCUT2D eigenvalue weighted by molar-refractivity contribution is 6.10. The van der Waals surface area contributed by atoms with Crippen molar-refractivity contribution in [2.75, 3.05) is 6.54 Å². The summed E-state index contributed by atoms with van der Waals surface area (Å²) in [4.78, 5) is 19.8. The molecule has 0 N–H and O–H groups in total. The molecule has 1 amide bonds. The number of hydrogen-bond donors (Lipinski definition) is 0. The smallest absolute Gasteiger partial charge is 0.223 e. The van der Waals surface area contributed by atoms with E-state index in [0.717, 1.165) is 19.4 Å². The van der Waals surface area contributed by atoms with Crippen molar-refractivity contribution in [2.24, 2.45) is 16.8 Å². The Bertz CT molecular complexity index is 682. The fourth-order valence-corrected chi connectivity index (χ4v) is 4.88. The fourth-order valence-electron chi connectivity index (χ4n) is 4.88. The van der Waals surface area contributed by atoms with Crippen molar-refractivity contribution >= 4 is 11.6 Å². The molecule has 0 bridgehead atoms. The molecule has 122 valence electrons. The lowest BCUT2D eigenvalue weighted by atomic mass is 9.76. The quantitative estimate of drug-likeness (QED) is 0.774. The second-order valence-corrected chi connectivity index (χ2v) is 7.56. The molecule has 3 aliphatic heterocycles. The molecule has 3 heterocycles. The molecule has 1 aliphatic carbocycles. The van der Waals surface area contributed by atoms with Crippen molar-refractivity contribution in [3.8, 4) is 0 Å². The number of fused-ring (bicyclic) bond motifs is 4. The number of rotatable bonds is 3. The van der Waals surface area contributed by atoms with Crippen molar-refractivity contribution < 1.29 is 4.79 Å². The Hall–Kier alpha value is -1.64. The van der Waals surface area contributed by atoms with Crippen LogP contribution >= 0.6 is 0 Å². The highest BCUT2D eigenvalue weighted by Gasteiger charge is 2.55. The molecule has 1 unspecified atom stereocenters. The summed E-state index contributed by atoms with van der Waals surface area (Å²) in [7, 11) is 0. The second kappa shape index (κ2) is 5.19. The Balaban J connectivity index is 1.79. The summed E-state index contributed by atoms with van der Waals surface area (Å²) in [5, 5.41) is 0. The normalized spacial score (nSPS) is 35.1. The van der Waals surface area contributed by atoms with E-state index in [9.17, 15) is 4.79 Å². The molecule has 3 nitrogen and oxygen atoms in total. The molecule has 0 radical (unpaired) electrons. The third kappa shape index (κ3) is 1.95. The summed E-state index contributed by atoms with van der Waals surface area (Å²) in [6.45, 7) is 7.57. The number of amides is 1. The Kier molecular flexibility index (Phi) is 3.36. The van der Waals surface area contributed by atoms with Gasteiger partial charge >= 0.3 is 0 Å². The molecular formula is C20H26N2O. The first-order chi connectivity index (χ1) is 11.1. The molecule has 4 aliphatic rings. The fraction of sp³-hybridized carbons (Fsp3) is 0.600. The van der Waals surface area contributed by atoms with Gasteiger partial charge in [0.1, 0.15) is 0 Å². The van der Waals surface area contributed by atoms with Crippen molar-refractivity contribution in [3.63, 3.8) is 0 Å². The van der Waals surface area contributed by atoms with E-state index in [-0.39, 0.29) is 5.54 Å². The van der Waals surface area contributed by atoms with Gasteiger partial charge in [-0.2, -0.15) is 0 Å². The lowest BCUT2D eigenvalue weighted by Crippen LogP contribution is -2.51. The molecular weight excluding hydrogens is 284 g/mol. The highest BCUT2D eigenvalue weighted by Crippen LogP contribution is 2.52. The van der Waals surface area contributed by atoms with Crippen LogP contribution in [0.2, 0.25) is 0 Å². The summed E-state index contributed by atoms with van der Waals surface area (Å²) in [6.07, 6.45) is 11.8. The van der Waals surface area contributed by atoms with E-state index in [1.54, 1.807) is 0 Å². The minimum atomic E-state index is -0.190. The van der Waals surface area contributed by atoms with Gasteiger partial charge in [0, 0.05) is 24.5 Å². The molecule has 0 aromatic carbocycles.